The highest BCUT2D eigenvalue weighted by molar-refractivity contribution is 7.97. The van der Waals surface area contributed by atoms with Crippen LogP contribution >= 0.6 is 23.1 Å². The maximum absolute atomic E-state index is 8.71. The largest absolute Gasteiger partial charge is 0.395 e. The van der Waals surface area contributed by atoms with E-state index in [1.807, 2.05) is 11.8 Å². The van der Waals surface area contributed by atoms with E-state index in [1.165, 1.54) is 21.6 Å². The molecule has 0 aliphatic heterocycles. The van der Waals surface area contributed by atoms with Crippen LogP contribution in [0.1, 0.15) is 32.9 Å². The Balaban J connectivity index is 1.85. The minimum absolute atomic E-state index is 0.136. The van der Waals surface area contributed by atoms with Crippen molar-refractivity contribution in [2.45, 2.75) is 31.8 Å². The Morgan fingerprint density at radius 1 is 1.10 bits per heavy atom. The van der Waals surface area contributed by atoms with Crippen LogP contribution in [0, 0.1) is 25.7 Å². The maximum atomic E-state index is 8.71. The molecule has 2 aromatic rings. The van der Waals surface area contributed by atoms with Crippen molar-refractivity contribution in [1.82, 2.24) is 0 Å². The van der Waals surface area contributed by atoms with E-state index in [0.29, 0.717) is 6.42 Å². The third-order valence-electron chi connectivity index (χ3n) is 2.90. The van der Waals surface area contributed by atoms with Gasteiger partial charge in [0.25, 0.3) is 0 Å². The molecule has 1 N–H and O–H groups in total. The van der Waals surface area contributed by atoms with Crippen LogP contribution in [0.25, 0.3) is 0 Å². The monoisotopic (exact) mass is 316 g/mol. The summed E-state index contributed by atoms with van der Waals surface area (Å²) in [5, 5.41) is 8.71. The molecule has 0 spiro atoms. The molecule has 0 aliphatic carbocycles. The molecule has 0 fully saturated rings. The summed E-state index contributed by atoms with van der Waals surface area (Å²) in [6.45, 7) is 4.44. The van der Waals surface area contributed by atoms with Gasteiger partial charge in [-0.3, -0.25) is 0 Å². The van der Waals surface area contributed by atoms with Gasteiger partial charge in [-0.15, -0.1) is 11.3 Å². The van der Waals surface area contributed by atoms with Crippen LogP contribution in [0.3, 0.4) is 0 Å². The number of hydrogen-bond acceptors (Lipinski definition) is 3. The van der Waals surface area contributed by atoms with Gasteiger partial charge in [-0.05, 0) is 31.5 Å². The van der Waals surface area contributed by atoms with Crippen LogP contribution in [-0.4, -0.2) is 11.7 Å². The lowest BCUT2D eigenvalue weighted by Gasteiger charge is -2.04. The lowest BCUT2D eigenvalue weighted by Crippen LogP contribution is -1.85. The molecule has 1 aromatic heterocycles. The predicted octanol–water partition coefficient (Wildman–Crippen LogP) is 4.53. The highest BCUT2D eigenvalue weighted by atomic mass is 32.2. The summed E-state index contributed by atoms with van der Waals surface area (Å²) in [7, 11) is 0. The van der Waals surface area contributed by atoms with E-state index in [0.717, 1.165) is 16.4 Å². The molecule has 3 heteroatoms. The lowest BCUT2D eigenvalue weighted by atomic mass is 10.1. The van der Waals surface area contributed by atoms with Crippen LogP contribution in [-0.2, 0) is 11.5 Å². The Labute approximate surface area is 135 Å². The number of benzene rings is 1. The molecule has 0 bridgehead atoms. The van der Waals surface area contributed by atoms with E-state index in [9.17, 15) is 0 Å². The predicted molar refractivity (Wildman–Crippen MR) is 93.8 cm³/mol. The molecule has 0 saturated heterocycles. The van der Waals surface area contributed by atoms with Gasteiger partial charge in [-0.1, -0.05) is 41.2 Å². The Kier molecular flexibility index (Phi) is 6.38. The van der Waals surface area contributed by atoms with E-state index in [1.54, 1.807) is 11.3 Å². The van der Waals surface area contributed by atoms with Crippen molar-refractivity contribution in [2.75, 3.05) is 6.61 Å². The Hall–Kier alpha value is -1.21. The average Bonchev–Trinajstić information content (AvgIpc) is 2.86. The van der Waals surface area contributed by atoms with Crippen LogP contribution in [0.5, 0.6) is 0 Å². The number of aliphatic hydroxyl groups excluding tert-OH is 1. The zero-order valence-electron chi connectivity index (χ0n) is 12.5. The van der Waals surface area contributed by atoms with Gasteiger partial charge in [0.05, 0.1) is 11.5 Å². The van der Waals surface area contributed by atoms with E-state index in [-0.39, 0.29) is 6.61 Å². The molecular weight excluding hydrogens is 296 g/mol. The van der Waals surface area contributed by atoms with Gasteiger partial charge in [0.2, 0.25) is 0 Å². The quantitative estimate of drug-likeness (QED) is 0.818. The summed E-state index contributed by atoms with van der Waals surface area (Å²) < 4.78 is 0. The second kappa shape index (κ2) is 8.29. The minimum atomic E-state index is 0.136. The van der Waals surface area contributed by atoms with Crippen molar-refractivity contribution in [3.8, 4) is 11.8 Å². The van der Waals surface area contributed by atoms with Crippen molar-refractivity contribution < 1.29 is 5.11 Å². The van der Waals surface area contributed by atoms with E-state index < -0.39 is 0 Å². The van der Waals surface area contributed by atoms with Crippen molar-refractivity contribution >= 4 is 23.1 Å². The number of aliphatic hydroxyl groups is 1. The van der Waals surface area contributed by atoms with E-state index >= 15 is 0 Å². The molecule has 1 aromatic carbocycles. The summed E-state index contributed by atoms with van der Waals surface area (Å²) in [5.41, 5.74) is 4.07. The number of rotatable bonds is 5. The van der Waals surface area contributed by atoms with Crippen molar-refractivity contribution in [1.29, 1.82) is 0 Å². The summed E-state index contributed by atoms with van der Waals surface area (Å²) in [5.74, 6) is 8.13. The van der Waals surface area contributed by atoms with Crippen LogP contribution in [0.4, 0.5) is 0 Å². The van der Waals surface area contributed by atoms with Gasteiger partial charge < -0.3 is 5.11 Å². The highest BCUT2D eigenvalue weighted by Gasteiger charge is 2.00. The molecule has 0 saturated carbocycles. The van der Waals surface area contributed by atoms with Crippen LogP contribution in [0.15, 0.2) is 30.3 Å². The zero-order valence-corrected chi connectivity index (χ0v) is 14.1. The minimum Gasteiger partial charge on any atom is -0.395 e. The maximum Gasteiger partial charge on any atom is 0.0771 e. The molecule has 0 atom stereocenters. The van der Waals surface area contributed by atoms with Crippen molar-refractivity contribution in [2.24, 2.45) is 0 Å². The zero-order chi connectivity index (χ0) is 15.1. The third-order valence-corrected chi connectivity index (χ3v) is 5.14. The molecule has 0 radical (unpaired) electrons. The molecule has 1 heterocycles. The SMILES string of the molecule is Cc1cc(C)cc(CSCc2ccc(C#CCCO)s2)c1. The van der Waals surface area contributed by atoms with Gasteiger partial charge in [-0.2, -0.15) is 11.8 Å². The number of aryl methyl sites for hydroxylation is 2. The Morgan fingerprint density at radius 2 is 1.86 bits per heavy atom. The third kappa shape index (κ3) is 5.59. The molecular formula is C18H20OS2. The fourth-order valence-electron chi connectivity index (χ4n) is 2.15. The summed E-state index contributed by atoms with van der Waals surface area (Å²) >= 11 is 3.69. The average molecular weight is 316 g/mol. The van der Waals surface area contributed by atoms with Gasteiger partial charge in [0.1, 0.15) is 0 Å². The fourth-order valence-corrected chi connectivity index (χ4v) is 4.12. The lowest BCUT2D eigenvalue weighted by molar-refractivity contribution is 0.305. The van der Waals surface area contributed by atoms with Gasteiger partial charge >= 0.3 is 0 Å². The molecule has 1 nitrogen and oxygen atoms in total. The normalized spacial score (nSPS) is 10.2. The first-order valence-corrected chi connectivity index (χ1v) is 8.98. The van der Waals surface area contributed by atoms with E-state index in [2.05, 4.69) is 56.0 Å². The molecule has 110 valence electrons. The summed E-state index contributed by atoms with van der Waals surface area (Å²) in [4.78, 5) is 2.45. The van der Waals surface area contributed by atoms with Gasteiger partial charge in [-0.25, -0.2) is 0 Å². The standard InChI is InChI=1S/C18H20OS2/c1-14-9-15(2)11-16(10-14)12-20-13-18-7-6-17(21-18)5-3-4-8-19/h6-7,9-11,19H,4,8,12-13H2,1-2H3. The second-order valence-corrected chi connectivity index (χ2v) is 7.18. The summed E-state index contributed by atoms with van der Waals surface area (Å²) in [6, 6.07) is 11.0. The molecule has 2 rings (SSSR count). The topological polar surface area (TPSA) is 20.2 Å². The second-order valence-electron chi connectivity index (χ2n) is 5.03. The highest BCUT2D eigenvalue weighted by Crippen LogP contribution is 2.24. The Bertz CT molecular complexity index is 626. The molecule has 0 unspecified atom stereocenters. The van der Waals surface area contributed by atoms with Gasteiger partial charge in [0.15, 0.2) is 0 Å². The van der Waals surface area contributed by atoms with Gasteiger partial charge in [0, 0.05) is 22.8 Å². The summed E-state index contributed by atoms with van der Waals surface area (Å²) in [6.07, 6.45) is 0.550. The van der Waals surface area contributed by atoms with Crippen LogP contribution in [0.2, 0.25) is 0 Å². The van der Waals surface area contributed by atoms with Crippen LogP contribution < -0.4 is 0 Å². The van der Waals surface area contributed by atoms with Crippen molar-refractivity contribution in [3.05, 3.63) is 56.8 Å². The number of thiophene rings is 1. The Morgan fingerprint density at radius 3 is 2.57 bits per heavy atom. The smallest absolute Gasteiger partial charge is 0.0771 e. The molecule has 0 aliphatic rings. The first-order chi connectivity index (χ1) is 10.2. The first kappa shape index (κ1) is 16.2. The number of thioether (sulfide) groups is 1. The van der Waals surface area contributed by atoms with E-state index in [4.69, 9.17) is 5.11 Å². The fraction of sp³-hybridized carbons (Fsp3) is 0.333. The molecule has 0 amide bonds. The van der Waals surface area contributed by atoms with Crippen molar-refractivity contribution in [3.63, 3.8) is 0 Å². The number of hydrogen-bond donors (Lipinski definition) is 1. The first-order valence-electron chi connectivity index (χ1n) is 7.01. The molecule has 21 heavy (non-hydrogen) atoms.